The fourth-order valence-electron chi connectivity index (χ4n) is 1.68. The van der Waals surface area contributed by atoms with E-state index >= 15 is 0 Å². The Morgan fingerprint density at radius 2 is 1.94 bits per heavy atom. The van der Waals surface area contributed by atoms with E-state index in [4.69, 9.17) is 17.4 Å². The standard InChI is InChI=1S/C13H13FN2/c1-5-8-10(14)6-11(16)9(7-15)12(8)13(2,3)4/h1,6H,16H2,2-4H3. The fourth-order valence-corrected chi connectivity index (χ4v) is 1.68. The van der Waals surface area contributed by atoms with E-state index in [1.807, 2.05) is 26.8 Å². The molecule has 1 aromatic rings. The predicted molar refractivity (Wildman–Crippen MR) is 62.2 cm³/mol. The zero-order valence-electron chi connectivity index (χ0n) is 9.56. The molecule has 0 aliphatic heterocycles. The SMILES string of the molecule is C#Cc1c(F)cc(N)c(C#N)c1C(C)(C)C. The van der Waals surface area contributed by atoms with Crippen molar-refractivity contribution in [2.75, 3.05) is 5.73 Å². The summed E-state index contributed by atoms with van der Waals surface area (Å²) in [6.45, 7) is 5.59. The first-order valence-corrected chi connectivity index (χ1v) is 4.82. The van der Waals surface area contributed by atoms with E-state index < -0.39 is 11.2 Å². The van der Waals surface area contributed by atoms with Gasteiger partial charge in [0, 0.05) is 0 Å². The van der Waals surface area contributed by atoms with Gasteiger partial charge in [0.05, 0.1) is 16.8 Å². The second kappa shape index (κ2) is 3.87. The van der Waals surface area contributed by atoms with Crippen molar-refractivity contribution in [3.8, 4) is 18.4 Å². The number of rotatable bonds is 0. The molecule has 0 saturated heterocycles. The van der Waals surface area contributed by atoms with Gasteiger partial charge in [-0.2, -0.15) is 5.26 Å². The Morgan fingerprint density at radius 3 is 2.31 bits per heavy atom. The van der Waals surface area contributed by atoms with Crippen molar-refractivity contribution in [1.82, 2.24) is 0 Å². The molecule has 82 valence electrons. The van der Waals surface area contributed by atoms with Crippen LogP contribution in [-0.2, 0) is 5.41 Å². The van der Waals surface area contributed by atoms with Crippen LogP contribution < -0.4 is 5.73 Å². The molecular weight excluding hydrogens is 203 g/mol. The molecule has 0 amide bonds. The highest BCUT2D eigenvalue weighted by Crippen LogP contribution is 2.33. The molecule has 0 aromatic heterocycles. The maximum atomic E-state index is 13.6. The predicted octanol–water partition coefficient (Wildman–Crippen LogP) is 2.56. The van der Waals surface area contributed by atoms with E-state index in [9.17, 15) is 4.39 Å². The van der Waals surface area contributed by atoms with Gasteiger partial charge in [0.15, 0.2) is 0 Å². The number of anilines is 1. The minimum absolute atomic E-state index is 0.123. The van der Waals surface area contributed by atoms with Gasteiger partial charge in [-0.1, -0.05) is 26.7 Å². The van der Waals surface area contributed by atoms with Crippen LogP contribution in [0.5, 0.6) is 0 Å². The molecule has 0 heterocycles. The third kappa shape index (κ3) is 1.85. The first-order valence-electron chi connectivity index (χ1n) is 4.82. The molecule has 1 aromatic carbocycles. The van der Waals surface area contributed by atoms with E-state index in [1.165, 1.54) is 0 Å². The Balaban J connectivity index is 3.81. The van der Waals surface area contributed by atoms with Crippen molar-refractivity contribution in [3.05, 3.63) is 28.6 Å². The van der Waals surface area contributed by atoms with Crippen LogP contribution in [0, 0.1) is 29.5 Å². The number of benzene rings is 1. The first kappa shape index (κ1) is 12.1. The summed E-state index contributed by atoms with van der Waals surface area (Å²) < 4.78 is 13.6. The van der Waals surface area contributed by atoms with Crippen LogP contribution in [0.25, 0.3) is 0 Å². The molecule has 3 heteroatoms. The Hall–Kier alpha value is -2.00. The van der Waals surface area contributed by atoms with Crippen LogP contribution in [0.15, 0.2) is 6.07 Å². The van der Waals surface area contributed by atoms with Crippen LogP contribution in [0.2, 0.25) is 0 Å². The molecule has 1 rings (SSSR count). The minimum Gasteiger partial charge on any atom is -0.398 e. The van der Waals surface area contributed by atoms with E-state index in [1.54, 1.807) is 0 Å². The molecule has 0 radical (unpaired) electrons. The number of nitrogens with two attached hydrogens (primary N) is 1. The molecule has 0 aliphatic rings. The lowest BCUT2D eigenvalue weighted by atomic mass is 9.80. The largest absolute Gasteiger partial charge is 0.398 e. The molecular formula is C13H13FN2. The zero-order chi connectivity index (χ0) is 12.5. The summed E-state index contributed by atoms with van der Waals surface area (Å²) in [5, 5.41) is 9.05. The molecule has 0 unspecified atom stereocenters. The van der Waals surface area contributed by atoms with Crippen LogP contribution in [0.1, 0.15) is 37.5 Å². The van der Waals surface area contributed by atoms with Crippen LogP contribution in [0.4, 0.5) is 10.1 Å². The summed E-state index contributed by atoms with van der Waals surface area (Å²) in [5.74, 6) is 1.74. The maximum absolute atomic E-state index is 13.6. The fraction of sp³-hybridized carbons (Fsp3) is 0.308. The van der Waals surface area contributed by atoms with Crippen molar-refractivity contribution >= 4 is 5.69 Å². The maximum Gasteiger partial charge on any atom is 0.141 e. The van der Waals surface area contributed by atoms with Crippen molar-refractivity contribution in [2.45, 2.75) is 26.2 Å². The molecule has 0 atom stereocenters. The molecule has 0 aliphatic carbocycles. The number of hydrogen-bond acceptors (Lipinski definition) is 2. The van der Waals surface area contributed by atoms with Crippen molar-refractivity contribution in [1.29, 1.82) is 5.26 Å². The monoisotopic (exact) mass is 216 g/mol. The minimum atomic E-state index is -0.552. The van der Waals surface area contributed by atoms with Gasteiger partial charge < -0.3 is 5.73 Å². The van der Waals surface area contributed by atoms with Gasteiger partial charge in [-0.25, -0.2) is 4.39 Å². The van der Waals surface area contributed by atoms with Crippen LogP contribution >= 0.6 is 0 Å². The van der Waals surface area contributed by atoms with E-state index in [0.717, 1.165) is 6.07 Å². The summed E-state index contributed by atoms with van der Waals surface area (Å²) in [4.78, 5) is 0. The Kier molecular flexibility index (Phi) is 2.92. The number of nitriles is 1. The summed E-state index contributed by atoms with van der Waals surface area (Å²) in [6, 6.07) is 3.09. The van der Waals surface area contributed by atoms with E-state index in [-0.39, 0.29) is 16.8 Å². The van der Waals surface area contributed by atoms with Gasteiger partial charge in [0.1, 0.15) is 11.9 Å². The second-order valence-electron chi connectivity index (χ2n) is 4.58. The molecule has 16 heavy (non-hydrogen) atoms. The molecule has 0 fully saturated rings. The van der Waals surface area contributed by atoms with Gasteiger partial charge in [-0.05, 0) is 17.0 Å². The molecule has 0 bridgehead atoms. The number of halogens is 1. The zero-order valence-corrected chi connectivity index (χ0v) is 9.56. The van der Waals surface area contributed by atoms with Gasteiger partial charge in [0.25, 0.3) is 0 Å². The lowest BCUT2D eigenvalue weighted by Gasteiger charge is -2.23. The van der Waals surface area contributed by atoms with Crippen molar-refractivity contribution in [2.24, 2.45) is 0 Å². The normalized spacial score (nSPS) is 10.6. The molecule has 2 N–H and O–H groups in total. The molecule has 0 saturated carbocycles. The first-order chi connectivity index (χ1) is 7.32. The topological polar surface area (TPSA) is 49.8 Å². The van der Waals surface area contributed by atoms with Crippen LogP contribution in [-0.4, -0.2) is 0 Å². The Morgan fingerprint density at radius 1 is 1.38 bits per heavy atom. The summed E-state index contributed by atoms with van der Waals surface area (Å²) in [6.07, 6.45) is 5.28. The highest BCUT2D eigenvalue weighted by Gasteiger charge is 2.25. The Labute approximate surface area is 94.9 Å². The summed E-state index contributed by atoms with van der Waals surface area (Å²) >= 11 is 0. The van der Waals surface area contributed by atoms with Crippen LogP contribution in [0.3, 0.4) is 0 Å². The quantitative estimate of drug-likeness (QED) is 0.535. The molecule has 0 spiro atoms. The van der Waals surface area contributed by atoms with Gasteiger partial charge in [-0.15, -0.1) is 6.42 Å². The third-order valence-corrected chi connectivity index (χ3v) is 2.32. The summed E-state index contributed by atoms with van der Waals surface area (Å²) in [5.41, 5.74) is 6.21. The lowest BCUT2D eigenvalue weighted by molar-refractivity contribution is 0.568. The Bertz CT molecular complexity index is 472. The van der Waals surface area contributed by atoms with Gasteiger partial charge in [-0.3, -0.25) is 0 Å². The number of nitrogen functional groups attached to an aromatic ring is 1. The third-order valence-electron chi connectivity index (χ3n) is 2.32. The second-order valence-corrected chi connectivity index (χ2v) is 4.58. The number of terminal acetylenes is 1. The number of hydrogen-bond donors (Lipinski definition) is 1. The average Bonchev–Trinajstić information content (AvgIpc) is 2.15. The van der Waals surface area contributed by atoms with Gasteiger partial charge in [0.2, 0.25) is 0 Å². The van der Waals surface area contributed by atoms with Crippen molar-refractivity contribution in [3.63, 3.8) is 0 Å². The highest BCUT2D eigenvalue weighted by atomic mass is 19.1. The van der Waals surface area contributed by atoms with E-state index in [2.05, 4.69) is 5.92 Å². The average molecular weight is 216 g/mol. The highest BCUT2D eigenvalue weighted by molar-refractivity contribution is 5.65. The summed E-state index contributed by atoms with van der Waals surface area (Å²) in [7, 11) is 0. The van der Waals surface area contributed by atoms with Gasteiger partial charge >= 0.3 is 0 Å². The lowest BCUT2D eigenvalue weighted by Crippen LogP contribution is -2.18. The number of nitrogens with zero attached hydrogens (tertiary/aromatic N) is 1. The molecule has 2 nitrogen and oxygen atoms in total. The van der Waals surface area contributed by atoms with Crippen molar-refractivity contribution < 1.29 is 4.39 Å². The smallest absolute Gasteiger partial charge is 0.141 e. The van der Waals surface area contributed by atoms with E-state index in [0.29, 0.717) is 5.56 Å².